The zero-order valence-electron chi connectivity index (χ0n) is 21.5. The van der Waals surface area contributed by atoms with Gasteiger partial charge in [0.15, 0.2) is 0 Å². The van der Waals surface area contributed by atoms with Crippen molar-refractivity contribution in [1.29, 1.82) is 0 Å². The summed E-state index contributed by atoms with van der Waals surface area (Å²) >= 11 is 0. The van der Waals surface area contributed by atoms with E-state index in [1.165, 1.54) is 11.9 Å². The summed E-state index contributed by atoms with van der Waals surface area (Å²) in [5.41, 5.74) is 4.42. The largest absolute Gasteiger partial charge is 0.502 e. The topological polar surface area (TPSA) is 90.5 Å². The maximum Gasteiger partial charge on any atom is 0.293 e. The normalized spacial score (nSPS) is 17.5. The fourth-order valence-corrected chi connectivity index (χ4v) is 4.59. The van der Waals surface area contributed by atoms with Crippen molar-refractivity contribution in [2.45, 2.75) is 50.3 Å². The van der Waals surface area contributed by atoms with Crippen LogP contribution in [0.5, 0.6) is 5.75 Å². The molecule has 7 nitrogen and oxygen atoms in total. The van der Waals surface area contributed by atoms with Gasteiger partial charge in [-0.1, -0.05) is 36.1 Å². The molecule has 37 heavy (non-hydrogen) atoms. The van der Waals surface area contributed by atoms with Crippen molar-refractivity contribution in [2.75, 3.05) is 26.7 Å². The molecule has 2 fully saturated rings. The molecule has 1 aromatic heterocycles. The predicted octanol–water partition coefficient (Wildman–Crippen LogP) is 3.17. The Kier molecular flexibility index (Phi) is 7.43. The zero-order valence-corrected chi connectivity index (χ0v) is 21.5. The molecule has 0 radical (unpaired) electrons. The van der Waals surface area contributed by atoms with Gasteiger partial charge in [-0.15, -0.1) is 0 Å². The molecule has 0 amide bonds. The quantitative estimate of drug-likeness (QED) is 0.393. The molecule has 3 aromatic rings. The second-order valence-corrected chi connectivity index (χ2v) is 10.5. The fraction of sp³-hybridized carbons (Fsp3) is 0.400. The Morgan fingerprint density at radius 3 is 2.41 bits per heavy atom. The molecule has 3 N–H and O–H groups in total. The van der Waals surface area contributed by atoms with Gasteiger partial charge in [0.2, 0.25) is 5.75 Å². The van der Waals surface area contributed by atoms with Crippen LogP contribution in [0, 0.1) is 11.8 Å². The van der Waals surface area contributed by atoms with Gasteiger partial charge in [0, 0.05) is 62.3 Å². The highest BCUT2D eigenvalue weighted by Crippen LogP contribution is 2.35. The van der Waals surface area contributed by atoms with Crippen molar-refractivity contribution in [3.63, 3.8) is 0 Å². The molecule has 1 saturated carbocycles. The molecule has 2 heterocycles. The summed E-state index contributed by atoms with van der Waals surface area (Å²) in [7, 11) is 1.77. The Morgan fingerprint density at radius 1 is 1.14 bits per heavy atom. The summed E-state index contributed by atoms with van der Waals surface area (Å²) in [6.07, 6.45) is 4.51. The van der Waals surface area contributed by atoms with Gasteiger partial charge in [-0.3, -0.25) is 9.69 Å². The molecule has 192 valence electrons. The number of aromatic hydroxyl groups is 1. The average molecular weight is 499 g/mol. The van der Waals surface area contributed by atoms with Gasteiger partial charge in [0.25, 0.3) is 5.56 Å². The first-order valence-electron chi connectivity index (χ1n) is 12.9. The van der Waals surface area contributed by atoms with E-state index in [0.717, 1.165) is 55.7 Å². The van der Waals surface area contributed by atoms with Gasteiger partial charge >= 0.3 is 0 Å². The van der Waals surface area contributed by atoms with Crippen molar-refractivity contribution in [3.05, 3.63) is 93.2 Å². The van der Waals surface area contributed by atoms with E-state index >= 15 is 0 Å². The number of benzene rings is 2. The zero-order chi connectivity index (χ0) is 25.8. The number of nitrogens with zero attached hydrogens (tertiary/aromatic N) is 2. The van der Waals surface area contributed by atoms with E-state index in [4.69, 9.17) is 4.74 Å². The minimum Gasteiger partial charge on any atom is -0.502 e. The van der Waals surface area contributed by atoms with E-state index in [1.54, 1.807) is 7.11 Å². The minimum absolute atomic E-state index is 0.0674. The summed E-state index contributed by atoms with van der Waals surface area (Å²) in [6, 6.07) is 16.7. The first-order valence-corrected chi connectivity index (χ1v) is 12.9. The van der Waals surface area contributed by atoms with E-state index in [0.29, 0.717) is 18.2 Å². The molecule has 2 aromatic carbocycles. The molecule has 1 atom stereocenters. The number of aromatic amines is 1. The van der Waals surface area contributed by atoms with Crippen LogP contribution in [0.15, 0.2) is 59.7 Å². The molecular formula is C30H34N4O3. The summed E-state index contributed by atoms with van der Waals surface area (Å²) in [6.45, 7) is 5.89. The first kappa shape index (κ1) is 25.2. The number of nitrogens with one attached hydrogen (secondary N) is 2. The lowest BCUT2D eigenvalue weighted by Gasteiger charge is -2.38. The Labute approximate surface area is 217 Å². The fourth-order valence-electron chi connectivity index (χ4n) is 4.59. The average Bonchev–Trinajstić information content (AvgIpc) is 3.63. The molecular weight excluding hydrogens is 464 g/mol. The maximum absolute atomic E-state index is 11.8. The van der Waals surface area contributed by atoms with E-state index in [-0.39, 0.29) is 17.2 Å². The molecule has 2 aliphatic rings. The lowest BCUT2D eigenvalue weighted by molar-refractivity contribution is -0.0333. The smallest absolute Gasteiger partial charge is 0.293 e. The summed E-state index contributed by atoms with van der Waals surface area (Å²) in [5, 5.41) is 13.8. The van der Waals surface area contributed by atoms with Gasteiger partial charge in [-0.05, 0) is 55.2 Å². The second kappa shape index (κ2) is 10.9. The highest BCUT2D eigenvalue weighted by Gasteiger charge is 2.37. The predicted molar refractivity (Wildman–Crippen MR) is 144 cm³/mol. The summed E-state index contributed by atoms with van der Waals surface area (Å²) < 4.78 is 5.34. The molecule has 1 aliphatic heterocycles. The van der Waals surface area contributed by atoms with E-state index in [9.17, 15) is 9.90 Å². The Morgan fingerprint density at radius 2 is 1.78 bits per heavy atom. The van der Waals surface area contributed by atoms with Crippen molar-refractivity contribution in [3.8, 4) is 17.6 Å². The first-order chi connectivity index (χ1) is 17.9. The van der Waals surface area contributed by atoms with E-state index in [2.05, 4.69) is 75.3 Å². The van der Waals surface area contributed by atoms with Crippen LogP contribution in [0.1, 0.15) is 53.6 Å². The third-order valence-electron chi connectivity index (χ3n) is 7.47. The van der Waals surface area contributed by atoms with Crippen LogP contribution in [0.3, 0.4) is 0 Å². The summed E-state index contributed by atoms with van der Waals surface area (Å²) in [5.74, 6) is 6.29. The maximum atomic E-state index is 11.8. The van der Waals surface area contributed by atoms with Crippen molar-refractivity contribution < 1.29 is 9.84 Å². The number of ether oxygens (including phenoxy) is 1. The third-order valence-corrected chi connectivity index (χ3v) is 7.47. The van der Waals surface area contributed by atoms with Crippen LogP contribution in [-0.4, -0.2) is 58.4 Å². The van der Waals surface area contributed by atoms with E-state index in [1.807, 2.05) is 12.1 Å². The Balaban J connectivity index is 1.24. The van der Waals surface area contributed by atoms with Gasteiger partial charge in [0.05, 0.1) is 18.1 Å². The number of hydrogen-bond donors (Lipinski definition) is 3. The number of rotatable bonds is 9. The number of methoxy groups -OCH3 is 1. The van der Waals surface area contributed by atoms with Crippen molar-refractivity contribution in [2.24, 2.45) is 0 Å². The van der Waals surface area contributed by atoms with Gasteiger partial charge in [-0.25, -0.2) is 4.98 Å². The van der Waals surface area contributed by atoms with Gasteiger partial charge < -0.3 is 20.1 Å². The molecule has 0 bridgehead atoms. The van der Waals surface area contributed by atoms with Gasteiger partial charge in [0.1, 0.15) is 0 Å². The van der Waals surface area contributed by atoms with Crippen LogP contribution >= 0.6 is 0 Å². The Hall–Kier alpha value is -3.44. The molecule has 5 rings (SSSR count). The molecule has 1 saturated heterocycles. The highest BCUT2D eigenvalue weighted by molar-refractivity contribution is 5.44. The van der Waals surface area contributed by atoms with Crippen molar-refractivity contribution in [1.82, 2.24) is 20.2 Å². The van der Waals surface area contributed by atoms with Crippen LogP contribution in [0.4, 0.5) is 0 Å². The summed E-state index contributed by atoms with van der Waals surface area (Å²) in [4.78, 5) is 20.9. The molecule has 1 unspecified atom stereocenters. The van der Waals surface area contributed by atoms with Crippen molar-refractivity contribution >= 4 is 0 Å². The monoisotopic (exact) mass is 498 g/mol. The lowest BCUT2D eigenvalue weighted by atomic mass is 9.92. The van der Waals surface area contributed by atoms with Gasteiger partial charge in [-0.2, -0.15) is 0 Å². The highest BCUT2D eigenvalue weighted by atomic mass is 16.5. The number of aromatic nitrogens is 2. The van der Waals surface area contributed by atoms with E-state index < -0.39 is 5.56 Å². The number of likely N-dealkylation sites (tertiary alicyclic amines) is 1. The second-order valence-electron chi connectivity index (χ2n) is 10.5. The molecule has 0 spiro atoms. The minimum atomic E-state index is -0.509. The van der Waals surface area contributed by atoms with Crippen LogP contribution in [0.25, 0.3) is 0 Å². The lowest BCUT2D eigenvalue weighted by Crippen LogP contribution is -2.50. The molecule has 7 heteroatoms. The standard InChI is InChI=1S/C30H34N4O3/c1-30(13-14-30)33-16-25(15-27-28(35)29(36)32-20-31-27)24-11-9-22(10-12-24)4-3-21-5-7-23(8-6-21)17-34-18-26(19-34)37-2/h5-12,20,25-26,33,35H,13-19H2,1-2H3,(H,31,32,36). The van der Waals surface area contributed by atoms with Crippen LogP contribution in [-0.2, 0) is 17.7 Å². The van der Waals surface area contributed by atoms with Crippen LogP contribution in [0.2, 0.25) is 0 Å². The number of hydrogen-bond acceptors (Lipinski definition) is 6. The Bertz CT molecular complexity index is 1330. The van der Waals surface area contributed by atoms with Crippen LogP contribution < -0.4 is 10.9 Å². The number of H-pyrrole nitrogens is 1. The SMILES string of the molecule is COC1CN(Cc2ccc(C#Cc3ccc(C(CNC4(C)CC4)Cc4nc[nH]c(=O)c4O)cc3)cc2)C1. The molecule has 1 aliphatic carbocycles. The third kappa shape index (κ3) is 6.47.